The van der Waals surface area contributed by atoms with Gasteiger partial charge < -0.3 is 9.15 Å². The molecule has 1 aliphatic heterocycles. The molecular weight excluding hydrogens is 356 g/mol. The number of rotatable bonds is 5. The fraction of sp³-hybridized carbons (Fsp3) is 0.643. The van der Waals surface area contributed by atoms with E-state index in [0.29, 0.717) is 35.5 Å². The van der Waals surface area contributed by atoms with E-state index in [1.807, 2.05) is 0 Å². The summed E-state index contributed by atoms with van der Waals surface area (Å²) in [5.41, 5.74) is 1.10. The standard InChI is InChI=1S/C14H19ClN4O4S/c1-9-11(13(15)19(2)18-9)7-24(20,21)8-12-16-17-14(23-12)10-3-5-22-6-4-10/h10H,3-8H2,1-2H3. The highest BCUT2D eigenvalue weighted by Gasteiger charge is 2.25. The Hall–Kier alpha value is -1.45. The minimum absolute atomic E-state index is 0.106. The van der Waals surface area contributed by atoms with E-state index in [0.717, 1.165) is 12.8 Å². The average molecular weight is 375 g/mol. The van der Waals surface area contributed by atoms with Gasteiger partial charge in [0.15, 0.2) is 9.84 Å². The lowest BCUT2D eigenvalue weighted by atomic mass is 10.0. The molecule has 0 bridgehead atoms. The summed E-state index contributed by atoms with van der Waals surface area (Å²) in [4.78, 5) is 0. The van der Waals surface area contributed by atoms with Crippen molar-refractivity contribution < 1.29 is 17.6 Å². The molecule has 1 aliphatic rings. The van der Waals surface area contributed by atoms with Crippen molar-refractivity contribution in [3.63, 3.8) is 0 Å². The molecule has 132 valence electrons. The smallest absolute Gasteiger partial charge is 0.231 e. The lowest BCUT2D eigenvalue weighted by Crippen LogP contribution is -2.14. The zero-order valence-corrected chi connectivity index (χ0v) is 15.1. The fourth-order valence-corrected chi connectivity index (χ4v) is 4.43. The minimum atomic E-state index is -3.50. The molecule has 0 saturated carbocycles. The lowest BCUT2D eigenvalue weighted by molar-refractivity contribution is 0.0792. The van der Waals surface area contributed by atoms with Gasteiger partial charge in [-0.3, -0.25) is 4.68 Å². The first-order valence-electron chi connectivity index (χ1n) is 7.64. The Balaban J connectivity index is 1.71. The number of ether oxygens (including phenoxy) is 1. The van der Waals surface area contributed by atoms with Crippen molar-refractivity contribution in [3.05, 3.63) is 28.2 Å². The second kappa shape index (κ2) is 6.81. The third kappa shape index (κ3) is 3.79. The quantitative estimate of drug-likeness (QED) is 0.786. The van der Waals surface area contributed by atoms with Crippen molar-refractivity contribution in [1.29, 1.82) is 0 Å². The summed E-state index contributed by atoms with van der Waals surface area (Å²) < 4.78 is 37.2. The van der Waals surface area contributed by atoms with Crippen LogP contribution in [-0.4, -0.2) is 41.6 Å². The summed E-state index contributed by atoms with van der Waals surface area (Å²) in [6, 6.07) is 0. The first-order valence-corrected chi connectivity index (χ1v) is 9.84. The molecule has 0 N–H and O–H groups in total. The van der Waals surface area contributed by atoms with Crippen molar-refractivity contribution >= 4 is 21.4 Å². The molecule has 2 aromatic heterocycles. The highest BCUT2D eigenvalue weighted by molar-refractivity contribution is 7.89. The van der Waals surface area contributed by atoms with Crippen LogP contribution < -0.4 is 0 Å². The summed E-state index contributed by atoms with van der Waals surface area (Å²) in [7, 11) is -1.83. The van der Waals surface area contributed by atoms with Crippen LogP contribution in [0.5, 0.6) is 0 Å². The number of aryl methyl sites for hydroxylation is 2. The van der Waals surface area contributed by atoms with E-state index in [-0.39, 0.29) is 23.3 Å². The Labute approximate surface area is 145 Å². The van der Waals surface area contributed by atoms with Crippen LogP contribution in [-0.2, 0) is 33.1 Å². The monoisotopic (exact) mass is 374 g/mol. The van der Waals surface area contributed by atoms with Gasteiger partial charge in [0.1, 0.15) is 10.9 Å². The molecule has 10 heteroatoms. The molecule has 1 saturated heterocycles. The van der Waals surface area contributed by atoms with Gasteiger partial charge in [-0.2, -0.15) is 5.10 Å². The topological polar surface area (TPSA) is 100 Å². The van der Waals surface area contributed by atoms with Crippen LogP contribution in [0.2, 0.25) is 5.15 Å². The van der Waals surface area contributed by atoms with Gasteiger partial charge in [0, 0.05) is 31.7 Å². The van der Waals surface area contributed by atoms with Crippen molar-refractivity contribution in [1.82, 2.24) is 20.0 Å². The molecule has 24 heavy (non-hydrogen) atoms. The van der Waals surface area contributed by atoms with Crippen LogP contribution in [0.25, 0.3) is 0 Å². The number of hydrogen-bond acceptors (Lipinski definition) is 7. The molecule has 0 aromatic carbocycles. The molecule has 0 amide bonds. The number of hydrogen-bond donors (Lipinski definition) is 0. The second-order valence-electron chi connectivity index (χ2n) is 5.93. The molecule has 2 aromatic rings. The van der Waals surface area contributed by atoms with Crippen LogP contribution in [0.1, 0.15) is 41.8 Å². The van der Waals surface area contributed by atoms with Crippen molar-refractivity contribution in [3.8, 4) is 0 Å². The van der Waals surface area contributed by atoms with Crippen LogP contribution in [0.4, 0.5) is 0 Å². The summed E-state index contributed by atoms with van der Waals surface area (Å²) in [6.45, 7) is 3.03. The average Bonchev–Trinajstić information content (AvgIpc) is 3.08. The first-order chi connectivity index (χ1) is 11.4. The molecule has 1 fully saturated rings. The SMILES string of the molecule is Cc1nn(C)c(Cl)c1CS(=O)(=O)Cc1nnc(C2CCOCC2)o1. The van der Waals surface area contributed by atoms with Gasteiger partial charge in [0.05, 0.1) is 11.4 Å². The van der Waals surface area contributed by atoms with Crippen molar-refractivity contribution in [2.45, 2.75) is 37.2 Å². The number of sulfone groups is 1. The summed E-state index contributed by atoms with van der Waals surface area (Å²) in [5.74, 6) is 0.208. The van der Waals surface area contributed by atoms with E-state index < -0.39 is 9.84 Å². The van der Waals surface area contributed by atoms with Gasteiger partial charge in [0.25, 0.3) is 0 Å². The van der Waals surface area contributed by atoms with Gasteiger partial charge in [-0.1, -0.05) is 11.6 Å². The van der Waals surface area contributed by atoms with Crippen molar-refractivity contribution in [2.24, 2.45) is 7.05 Å². The first kappa shape index (κ1) is 17.4. The van der Waals surface area contributed by atoms with E-state index in [1.165, 1.54) is 4.68 Å². The van der Waals surface area contributed by atoms with Crippen LogP contribution in [0.3, 0.4) is 0 Å². The van der Waals surface area contributed by atoms with Crippen LogP contribution in [0.15, 0.2) is 4.42 Å². The predicted octanol–water partition coefficient (Wildman–Crippen LogP) is 1.77. The van der Waals surface area contributed by atoms with Crippen LogP contribution in [0, 0.1) is 6.92 Å². The maximum absolute atomic E-state index is 12.4. The van der Waals surface area contributed by atoms with Crippen LogP contribution >= 0.6 is 11.6 Å². The zero-order chi connectivity index (χ0) is 17.3. The molecule has 3 heterocycles. The van der Waals surface area contributed by atoms with E-state index in [9.17, 15) is 8.42 Å². The molecule has 0 spiro atoms. The maximum Gasteiger partial charge on any atom is 0.231 e. The van der Waals surface area contributed by atoms with E-state index in [1.54, 1.807) is 14.0 Å². The van der Waals surface area contributed by atoms with Gasteiger partial charge in [0.2, 0.25) is 11.8 Å². The predicted molar refractivity (Wildman–Crippen MR) is 86.4 cm³/mol. The Morgan fingerprint density at radius 3 is 2.58 bits per heavy atom. The van der Waals surface area contributed by atoms with Crippen molar-refractivity contribution in [2.75, 3.05) is 13.2 Å². The number of nitrogens with zero attached hydrogens (tertiary/aromatic N) is 4. The Morgan fingerprint density at radius 1 is 1.25 bits per heavy atom. The second-order valence-corrected chi connectivity index (χ2v) is 8.35. The molecule has 0 atom stereocenters. The Bertz CT molecular complexity index is 824. The largest absolute Gasteiger partial charge is 0.424 e. The minimum Gasteiger partial charge on any atom is -0.424 e. The number of halogens is 1. The highest BCUT2D eigenvalue weighted by atomic mass is 35.5. The van der Waals surface area contributed by atoms with Gasteiger partial charge in [-0.05, 0) is 19.8 Å². The van der Waals surface area contributed by atoms with E-state index in [2.05, 4.69) is 15.3 Å². The summed E-state index contributed by atoms with van der Waals surface area (Å²) in [6.07, 6.45) is 1.61. The van der Waals surface area contributed by atoms with E-state index >= 15 is 0 Å². The summed E-state index contributed by atoms with van der Waals surface area (Å²) >= 11 is 6.10. The Kier molecular flexibility index (Phi) is 4.93. The third-order valence-electron chi connectivity index (χ3n) is 4.03. The fourth-order valence-electron chi connectivity index (χ4n) is 2.73. The molecular formula is C14H19ClN4O4S. The Morgan fingerprint density at radius 2 is 1.96 bits per heavy atom. The van der Waals surface area contributed by atoms with Gasteiger partial charge in [-0.15, -0.1) is 10.2 Å². The molecule has 0 radical (unpaired) electrons. The van der Waals surface area contributed by atoms with E-state index in [4.69, 9.17) is 20.8 Å². The lowest BCUT2D eigenvalue weighted by Gasteiger charge is -2.18. The summed E-state index contributed by atoms with van der Waals surface area (Å²) in [5, 5.41) is 12.3. The molecule has 8 nitrogen and oxygen atoms in total. The molecule has 0 aliphatic carbocycles. The molecule has 0 unspecified atom stereocenters. The normalized spacial score (nSPS) is 16.6. The maximum atomic E-state index is 12.4. The number of aromatic nitrogens is 4. The third-order valence-corrected chi connectivity index (χ3v) is 5.92. The van der Waals surface area contributed by atoms with Gasteiger partial charge in [-0.25, -0.2) is 8.42 Å². The molecule has 3 rings (SSSR count). The zero-order valence-electron chi connectivity index (χ0n) is 13.5. The van der Waals surface area contributed by atoms with Gasteiger partial charge >= 0.3 is 0 Å². The highest BCUT2D eigenvalue weighted by Crippen LogP contribution is 2.27.